The Labute approximate surface area is 244 Å². The largest absolute Gasteiger partial charge is 0.368 e. The van der Waals surface area contributed by atoms with Crippen LogP contribution in [0.3, 0.4) is 0 Å². The van der Waals surface area contributed by atoms with E-state index in [1.807, 2.05) is 48.8 Å². The van der Waals surface area contributed by atoms with Gasteiger partial charge in [-0.1, -0.05) is 49.4 Å². The van der Waals surface area contributed by atoms with Crippen molar-refractivity contribution >= 4 is 39.2 Å². The highest BCUT2D eigenvalue weighted by Gasteiger charge is 2.19. The summed E-state index contributed by atoms with van der Waals surface area (Å²) >= 11 is 0. The standard InChI is InChI=1S/C34H33N7O/c1-2-22-15-25(18-26(16-22)36-31(42)17-23-9-5-3-6-10-23)24-11-12-28-27(19-24)32(40-39-28)34-37-29-20-35-21-30(33(29)38-34)41-13-7-4-8-14-41/h3,5-6,9-12,15-16,18-21H,2,4,7-8,13-14,17H2,1H3,(H,36,42)(H,37,38)(H,39,40). The van der Waals surface area contributed by atoms with Crippen molar-refractivity contribution in [3.8, 4) is 22.6 Å². The minimum Gasteiger partial charge on any atom is -0.368 e. The maximum absolute atomic E-state index is 12.8. The van der Waals surface area contributed by atoms with Gasteiger partial charge in [0.2, 0.25) is 5.91 Å². The van der Waals surface area contributed by atoms with Gasteiger partial charge in [0.1, 0.15) is 11.2 Å². The summed E-state index contributed by atoms with van der Waals surface area (Å²) in [5.41, 5.74) is 9.66. The molecule has 0 saturated carbocycles. The SMILES string of the molecule is CCc1cc(NC(=O)Cc2ccccc2)cc(-c2ccc3[nH]nc(-c4nc5c(N6CCCCC6)cncc5[nH]4)c3c2)c1. The summed E-state index contributed by atoms with van der Waals surface area (Å²) in [6, 6.07) is 22.4. The van der Waals surface area contributed by atoms with Crippen molar-refractivity contribution in [1.29, 1.82) is 0 Å². The summed E-state index contributed by atoms with van der Waals surface area (Å²) in [5.74, 6) is 0.687. The molecule has 42 heavy (non-hydrogen) atoms. The van der Waals surface area contributed by atoms with Crippen LogP contribution < -0.4 is 10.2 Å². The molecule has 0 atom stereocenters. The molecule has 4 heterocycles. The number of benzene rings is 3. The molecule has 3 N–H and O–H groups in total. The van der Waals surface area contributed by atoms with Gasteiger partial charge in [0, 0.05) is 24.2 Å². The second-order valence-electron chi connectivity index (χ2n) is 11.0. The Kier molecular flexibility index (Phi) is 6.87. The van der Waals surface area contributed by atoms with E-state index < -0.39 is 0 Å². The highest BCUT2D eigenvalue weighted by molar-refractivity contribution is 5.98. The summed E-state index contributed by atoms with van der Waals surface area (Å²) in [6.45, 7) is 4.19. The second kappa shape index (κ2) is 11.1. The number of nitrogens with one attached hydrogen (secondary N) is 3. The van der Waals surface area contributed by atoms with Gasteiger partial charge in [0.05, 0.1) is 35.5 Å². The number of H-pyrrole nitrogens is 2. The van der Waals surface area contributed by atoms with Crippen molar-refractivity contribution in [2.75, 3.05) is 23.3 Å². The van der Waals surface area contributed by atoms with Crippen molar-refractivity contribution in [2.45, 2.75) is 39.0 Å². The van der Waals surface area contributed by atoms with Gasteiger partial charge in [-0.3, -0.25) is 14.9 Å². The number of fused-ring (bicyclic) bond motifs is 2. The van der Waals surface area contributed by atoms with Crippen molar-refractivity contribution in [3.63, 3.8) is 0 Å². The van der Waals surface area contributed by atoms with E-state index >= 15 is 0 Å². The third-order valence-corrected chi connectivity index (χ3v) is 8.08. The average molecular weight is 556 g/mol. The lowest BCUT2D eigenvalue weighted by Crippen LogP contribution is -2.29. The van der Waals surface area contributed by atoms with E-state index in [1.165, 1.54) is 19.3 Å². The molecule has 7 rings (SSSR count). The van der Waals surface area contributed by atoms with E-state index in [1.54, 1.807) is 0 Å². The molecular weight excluding hydrogens is 522 g/mol. The number of aromatic amines is 2. The zero-order valence-corrected chi connectivity index (χ0v) is 23.7. The molecule has 0 unspecified atom stereocenters. The number of aromatic nitrogens is 5. The van der Waals surface area contributed by atoms with Crippen molar-refractivity contribution in [1.82, 2.24) is 25.1 Å². The zero-order chi connectivity index (χ0) is 28.5. The fraction of sp³-hybridized carbons (Fsp3) is 0.235. The summed E-state index contributed by atoms with van der Waals surface area (Å²) < 4.78 is 0. The molecule has 0 aliphatic carbocycles. The first kappa shape index (κ1) is 26.0. The van der Waals surface area contributed by atoms with Crippen molar-refractivity contribution < 1.29 is 4.79 Å². The molecule has 210 valence electrons. The predicted molar refractivity (Wildman–Crippen MR) is 169 cm³/mol. The monoisotopic (exact) mass is 555 g/mol. The molecule has 0 bridgehead atoms. The smallest absolute Gasteiger partial charge is 0.228 e. The lowest BCUT2D eigenvalue weighted by molar-refractivity contribution is -0.115. The predicted octanol–water partition coefficient (Wildman–Crippen LogP) is 6.90. The topological polar surface area (TPSA) is 103 Å². The Morgan fingerprint density at radius 2 is 1.76 bits per heavy atom. The number of piperidine rings is 1. The Morgan fingerprint density at radius 1 is 0.905 bits per heavy atom. The number of amides is 1. The summed E-state index contributed by atoms with van der Waals surface area (Å²) in [4.78, 5) is 28.2. The van der Waals surface area contributed by atoms with Crippen LogP contribution >= 0.6 is 0 Å². The molecule has 1 aliphatic rings. The highest BCUT2D eigenvalue weighted by atomic mass is 16.1. The van der Waals surface area contributed by atoms with Gasteiger partial charge in [-0.05, 0) is 72.2 Å². The normalized spacial score (nSPS) is 13.6. The van der Waals surface area contributed by atoms with Crippen molar-refractivity contribution in [2.24, 2.45) is 0 Å². The molecule has 1 aliphatic heterocycles. The van der Waals surface area contributed by atoms with Gasteiger partial charge >= 0.3 is 0 Å². The van der Waals surface area contributed by atoms with E-state index in [9.17, 15) is 4.79 Å². The highest BCUT2D eigenvalue weighted by Crippen LogP contribution is 2.34. The fourth-order valence-corrected chi connectivity index (χ4v) is 5.89. The van der Waals surface area contributed by atoms with E-state index in [2.05, 4.69) is 67.6 Å². The number of rotatable bonds is 7. The molecule has 6 aromatic rings. The van der Waals surface area contributed by atoms with Crippen LogP contribution in [0.4, 0.5) is 11.4 Å². The van der Waals surface area contributed by atoms with E-state index in [0.717, 1.165) is 86.6 Å². The number of imidazole rings is 1. The molecule has 1 saturated heterocycles. The molecule has 1 fully saturated rings. The van der Waals surface area contributed by atoms with Crippen molar-refractivity contribution in [3.05, 3.63) is 90.3 Å². The molecule has 3 aromatic carbocycles. The van der Waals surface area contributed by atoms with E-state index in [0.29, 0.717) is 6.42 Å². The van der Waals surface area contributed by atoms with Crippen LogP contribution in [0.2, 0.25) is 0 Å². The van der Waals surface area contributed by atoms with Gasteiger partial charge in [-0.15, -0.1) is 0 Å². The van der Waals surface area contributed by atoms with Gasteiger partial charge in [0.15, 0.2) is 5.82 Å². The number of nitrogens with zero attached hydrogens (tertiary/aromatic N) is 4. The van der Waals surface area contributed by atoms with Crippen LogP contribution in [0.25, 0.3) is 44.6 Å². The average Bonchev–Trinajstić information content (AvgIpc) is 3.65. The van der Waals surface area contributed by atoms with Gasteiger partial charge < -0.3 is 15.2 Å². The molecular formula is C34H33N7O. The Hall–Kier alpha value is -4.98. The molecule has 1 amide bonds. The maximum Gasteiger partial charge on any atom is 0.228 e. The molecule has 8 nitrogen and oxygen atoms in total. The molecule has 0 spiro atoms. The lowest BCUT2D eigenvalue weighted by Gasteiger charge is -2.28. The molecule has 3 aromatic heterocycles. The second-order valence-corrected chi connectivity index (χ2v) is 11.0. The van der Waals surface area contributed by atoms with Gasteiger partial charge in [-0.25, -0.2) is 4.98 Å². The fourth-order valence-electron chi connectivity index (χ4n) is 5.89. The maximum atomic E-state index is 12.8. The Bertz CT molecular complexity index is 1880. The minimum absolute atomic E-state index is 0.0312. The number of aryl methyl sites for hydroxylation is 1. The van der Waals surface area contributed by atoms with Crippen LogP contribution in [0, 0.1) is 0 Å². The first-order valence-corrected chi connectivity index (χ1v) is 14.7. The number of hydrogen-bond donors (Lipinski definition) is 3. The summed E-state index contributed by atoms with van der Waals surface area (Å²) in [6.07, 6.45) is 8.62. The lowest BCUT2D eigenvalue weighted by atomic mass is 9.99. The number of anilines is 2. The number of carbonyl (C=O) groups is 1. The van der Waals surface area contributed by atoms with Crippen LogP contribution in [0.1, 0.15) is 37.3 Å². The van der Waals surface area contributed by atoms with Crippen LogP contribution in [-0.4, -0.2) is 44.1 Å². The first-order valence-electron chi connectivity index (χ1n) is 14.7. The minimum atomic E-state index is -0.0312. The van der Waals surface area contributed by atoms with Crippen LogP contribution in [0.15, 0.2) is 79.1 Å². The third kappa shape index (κ3) is 5.11. The van der Waals surface area contributed by atoms with Gasteiger partial charge in [0.25, 0.3) is 0 Å². The summed E-state index contributed by atoms with van der Waals surface area (Å²) in [5, 5.41) is 11.9. The number of carbonyl (C=O) groups excluding carboxylic acids is 1. The van der Waals surface area contributed by atoms with Crippen LogP contribution in [0.5, 0.6) is 0 Å². The zero-order valence-electron chi connectivity index (χ0n) is 23.7. The van der Waals surface area contributed by atoms with Crippen LogP contribution in [-0.2, 0) is 17.6 Å². The Balaban J connectivity index is 1.22. The molecule has 0 radical (unpaired) electrons. The summed E-state index contributed by atoms with van der Waals surface area (Å²) in [7, 11) is 0. The quantitative estimate of drug-likeness (QED) is 0.199. The third-order valence-electron chi connectivity index (χ3n) is 8.08. The van der Waals surface area contributed by atoms with Gasteiger partial charge in [-0.2, -0.15) is 5.10 Å². The van der Waals surface area contributed by atoms with E-state index in [4.69, 9.17) is 4.98 Å². The van der Waals surface area contributed by atoms with E-state index in [-0.39, 0.29) is 5.91 Å². The number of pyridine rings is 1. The first-order chi connectivity index (χ1) is 20.6. The number of hydrogen-bond acceptors (Lipinski definition) is 5. The Morgan fingerprint density at radius 3 is 2.60 bits per heavy atom. The molecule has 8 heteroatoms.